The van der Waals surface area contributed by atoms with Crippen LogP contribution < -0.4 is 4.74 Å². The van der Waals surface area contributed by atoms with Gasteiger partial charge in [-0.15, -0.1) is 10.2 Å². The first-order valence-corrected chi connectivity index (χ1v) is 10.6. The minimum absolute atomic E-state index is 0.0391. The van der Waals surface area contributed by atoms with Crippen LogP contribution in [0.3, 0.4) is 0 Å². The first kappa shape index (κ1) is 20.2. The first-order chi connectivity index (χ1) is 14.7. The summed E-state index contributed by atoms with van der Waals surface area (Å²) in [4.78, 5) is 12.5. The quantitative estimate of drug-likeness (QED) is 0.280. The van der Waals surface area contributed by atoms with Gasteiger partial charge in [-0.3, -0.25) is 9.36 Å². The standard InChI is InChI=1S/C23H18ClN3O2S/c1-29-20-13-7-17(8-14-20)22-25-26-23(27(22)19-11-9-18(24)10-12-19)30-15-21(28)16-5-3-2-4-6-16/h2-14H,15H2,1H3. The van der Waals surface area contributed by atoms with Gasteiger partial charge in [0, 0.05) is 21.8 Å². The molecule has 4 aromatic rings. The Labute approximate surface area is 183 Å². The average Bonchev–Trinajstić information content (AvgIpc) is 3.22. The Balaban J connectivity index is 1.68. The number of methoxy groups -OCH3 is 1. The lowest BCUT2D eigenvalue weighted by Crippen LogP contribution is -2.05. The van der Waals surface area contributed by atoms with Crippen molar-refractivity contribution in [3.05, 3.63) is 89.4 Å². The number of rotatable bonds is 7. The molecule has 0 aliphatic heterocycles. The van der Waals surface area contributed by atoms with Crippen molar-refractivity contribution in [2.45, 2.75) is 5.16 Å². The number of carbonyl (C=O) groups excluding carboxylic acids is 1. The van der Waals surface area contributed by atoms with Crippen molar-refractivity contribution in [2.75, 3.05) is 12.9 Å². The van der Waals surface area contributed by atoms with Gasteiger partial charge in [0.25, 0.3) is 0 Å². The molecule has 30 heavy (non-hydrogen) atoms. The SMILES string of the molecule is COc1ccc(-c2nnc(SCC(=O)c3ccccc3)n2-c2ccc(Cl)cc2)cc1. The predicted molar refractivity (Wildman–Crippen MR) is 120 cm³/mol. The maximum absolute atomic E-state index is 12.5. The second-order valence-corrected chi connectivity index (χ2v) is 7.80. The summed E-state index contributed by atoms with van der Waals surface area (Å²) < 4.78 is 7.18. The molecule has 0 saturated carbocycles. The maximum Gasteiger partial charge on any atom is 0.196 e. The molecule has 1 aromatic heterocycles. The van der Waals surface area contributed by atoms with Gasteiger partial charge < -0.3 is 4.74 Å². The molecule has 0 radical (unpaired) electrons. The van der Waals surface area contributed by atoms with Gasteiger partial charge in [-0.2, -0.15) is 0 Å². The first-order valence-electron chi connectivity index (χ1n) is 9.22. The van der Waals surface area contributed by atoms with E-state index in [-0.39, 0.29) is 11.5 Å². The monoisotopic (exact) mass is 435 g/mol. The van der Waals surface area contributed by atoms with Crippen LogP contribution in [-0.4, -0.2) is 33.4 Å². The fourth-order valence-corrected chi connectivity index (χ4v) is 3.92. The largest absolute Gasteiger partial charge is 0.497 e. The number of halogens is 1. The summed E-state index contributed by atoms with van der Waals surface area (Å²) >= 11 is 7.42. The summed E-state index contributed by atoms with van der Waals surface area (Å²) in [6, 6.07) is 24.3. The van der Waals surface area contributed by atoms with Crippen molar-refractivity contribution in [1.82, 2.24) is 14.8 Å². The molecule has 0 aliphatic carbocycles. The number of hydrogen-bond acceptors (Lipinski definition) is 5. The Morgan fingerprint density at radius 2 is 1.67 bits per heavy atom. The zero-order valence-electron chi connectivity index (χ0n) is 16.2. The minimum atomic E-state index is 0.0391. The van der Waals surface area contributed by atoms with Crippen LogP contribution in [0.4, 0.5) is 0 Å². The highest BCUT2D eigenvalue weighted by Crippen LogP contribution is 2.30. The van der Waals surface area contributed by atoms with Gasteiger partial charge in [-0.25, -0.2) is 0 Å². The van der Waals surface area contributed by atoms with Crippen LogP contribution in [0.1, 0.15) is 10.4 Å². The molecule has 0 N–H and O–H groups in total. The van der Waals surface area contributed by atoms with Crippen LogP contribution >= 0.6 is 23.4 Å². The second-order valence-electron chi connectivity index (χ2n) is 6.42. The zero-order chi connectivity index (χ0) is 20.9. The number of benzene rings is 3. The summed E-state index contributed by atoms with van der Waals surface area (Å²) in [5.74, 6) is 1.74. The highest BCUT2D eigenvalue weighted by molar-refractivity contribution is 7.99. The normalized spacial score (nSPS) is 10.7. The minimum Gasteiger partial charge on any atom is -0.497 e. The summed E-state index contributed by atoms with van der Waals surface area (Å²) in [6.45, 7) is 0. The summed E-state index contributed by atoms with van der Waals surface area (Å²) in [5.41, 5.74) is 2.43. The molecule has 7 heteroatoms. The van der Waals surface area contributed by atoms with Crippen molar-refractivity contribution < 1.29 is 9.53 Å². The number of aromatic nitrogens is 3. The van der Waals surface area contributed by atoms with E-state index in [1.165, 1.54) is 11.8 Å². The average molecular weight is 436 g/mol. The van der Waals surface area contributed by atoms with E-state index in [4.69, 9.17) is 16.3 Å². The maximum atomic E-state index is 12.5. The number of thioether (sulfide) groups is 1. The van der Waals surface area contributed by atoms with Crippen molar-refractivity contribution in [3.8, 4) is 22.8 Å². The van der Waals surface area contributed by atoms with E-state index in [0.29, 0.717) is 21.6 Å². The molecule has 0 spiro atoms. The third-order valence-electron chi connectivity index (χ3n) is 4.49. The molecule has 0 fully saturated rings. The van der Waals surface area contributed by atoms with Gasteiger partial charge in [0.15, 0.2) is 16.8 Å². The fraction of sp³-hybridized carbons (Fsp3) is 0.0870. The van der Waals surface area contributed by atoms with Gasteiger partial charge >= 0.3 is 0 Å². The third kappa shape index (κ3) is 4.40. The van der Waals surface area contributed by atoms with Crippen LogP contribution in [0, 0.1) is 0 Å². The van der Waals surface area contributed by atoms with Gasteiger partial charge in [0.05, 0.1) is 12.9 Å². The van der Waals surface area contributed by atoms with Crippen LogP contribution in [0.5, 0.6) is 5.75 Å². The number of hydrogen-bond donors (Lipinski definition) is 0. The zero-order valence-corrected chi connectivity index (χ0v) is 17.7. The van der Waals surface area contributed by atoms with E-state index in [0.717, 1.165) is 17.0 Å². The van der Waals surface area contributed by atoms with Crippen molar-refractivity contribution in [2.24, 2.45) is 0 Å². The Bertz CT molecular complexity index is 1140. The molecular formula is C23H18ClN3O2S. The van der Waals surface area contributed by atoms with Crippen LogP contribution in [0.25, 0.3) is 17.1 Å². The van der Waals surface area contributed by atoms with E-state index in [2.05, 4.69) is 10.2 Å². The van der Waals surface area contributed by atoms with Crippen LogP contribution in [0.2, 0.25) is 5.02 Å². The summed E-state index contributed by atoms with van der Waals surface area (Å²) in [7, 11) is 1.63. The van der Waals surface area contributed by atoms with E-state index in [9.17, 15) is 4.79 Å². The topological polar surface area (TPSA) is 57.0 Å². The van der Waals surface area contributed by atoms with Crippen molar-refractivity contribution in [1.29, 1.82) is 0 Å². The van der Waals surface area contributed by atoms with Gasteiger partial charge in [0.1, 0.15) is 5.75 Å². The highest BCUT2D eigenvalue weighted by Gasteiger charge is 2.18. The molecule has 3 aromatic carbocycles. The number of ether oxygens (including phenoxy) is 1. The number of Topliss-reactive ketones (excluding diaryl/α,β-unsaturated/α-hetero) is 1. The lowest BCUT2D eigenvalue weighted by molar-refractivity contribution is 0.102. The molecule has 0 atom stereocenters. The van der Waals surface area contributed by atoms with E-state index < -0.39 is 0 Å². The van der Waals surface area contributed by atoms with E-state index in [1.54, 1.807) is 7.11 Å². The molecule has 4 rings (SSSR count). The summed E-state index contributed by atoms with van der Waals surface area (Å²) in [6.07, 6.45) is 0. The van der Waals surface area contributed by atoms with Crippen molar-refractivity contribution in [3.63, 3.8) is 0 Å². The smallest absolute Gasteiger partial charge is 0.196 e. The fourth-order valence-electron chi connectivity index (χ4n) is 2.95. The number of ketones is 1. The van der Waals surface area contributed by atoms with E-state index >= 15 is 0 Å². The Kier molecular flexibility index (Phi) is 6.16. The summed E-state index contributed by atoms with van der Waals surface area (Å²) in [5, 5.41) is 10.0. The third-order valence-corrected chi connectivity index (χ3v) is 5.68. The molecular weight excluding hydrogens is 418 g/mol. The lowest BCUT2D eigenvalue weighted by atomic mass is 10.2. The van der Waals surface area contributed by atoms with Gasteiger partial charge in [-0.1, -0.05) is 53.7 Å². The second kappa shape index (κ2) is 9.15. The van der Waals surface area contributed by atoms with Gasteiger partial charge in [0.2, 0.25) is 0 Å². The molecule has 0 unspecified atom stereocenters. The van der Waals surface area contributed by atoms with E-state index in [1.807, 2.05) is 83.4 Å². The molecule has 0 aliphatic rings. The number of nitrogens with zero attached hydrogens (tertiary/aromatic N) is 3. The number of carbonyl (C=O) groups is 1. The molecule has 150 valence electrons. The van der Waals surface area contributed by atoms with Crippen LogP contribution in [0.15, 0.2) is 84.0 Å². The molecule has 0 saturated heterocycles. The molecule has 5 nitrogen and oxygen atoms in total. The Morgan fingerprint density at radius 1 is 0.967 bits per heavy atom. The van der Waals surface area contributed by atoms with Crippen molar-refractivity contribution >= 4 is 29.1 Å². The van der Waals surface area contributed by atoms with Gasteiger partial charge in [-0.05, 0) is 48.5 Å². The highest BCUT2D eigenvalue weighted by atomic mass is 35.5. The Morgan fingerprint density at radius 3 is 2.33 bits per heavy atom. The Hall–Kier alpha value is -3.09. The van der Waals surface area contributed by atoms with Crippen LogP contribution in [-0.2, 0) is 0 Å². The molecule has 1 heterocycles. The lowest BCUT2D eigenvalue weighted by Gasteiger charge is -2.11. The predicted octanol–water partition coefficient (Wildman–Crippen LogP) is 5.57. The molecule has 0 amide bonds. The molecule has 0 bridgehead atoms.